The maximum absolute atomic E-state index is 11.2. The van der Waals surface area contributed by atoms with E-state index in [-0.39, 0.29) is 5.75 Å². The molecule has 0 aliphatic rings. The van der Waals surface area contributed by atoms with Crippen molar-refractivity contribution in [3.05, 3.63) is 53.7 Å². The molecule has 0 spiro atoms. The molecule has 94 valence electrons. The molecule has 0 bridgehead atoms. The molecule has 2 aromatic heterocycles. The van der Waals surface area contributed by atoms with Gasteiger partial charge in [0.15, 0.2) is 6.29 Å². The summed E-state index contributed by atoms with van der Waals surface area (Å²) >= 11 is 0. The number of aldehydes is 1. The van der Waals surface area contributed by atoms with Crippen molar-refractivity contribution in [2.45, 2.75) is 0 Å². The van der Waals surface area contributed by atoms with Crippen LogP contribution < -0.4 is 0 Å². The number of aromatic hydroxyl groups is 1. The normalized spacial score (nSPS) is 11.4. The second-order valence-electron chi connectivity index (χ2n) is 4.03. The minimum absolute atomic E-state index is 0.0953. The average molecular weight is 254 g/mol. The second-order valence-corrected chi connectivity index (χ2v) is 4.03. The number of phenols is 1. The lowest BCUT2D eigenvalue weighted by Gasteiger charge is -1.90. The lowest BCUT2D eigenvalue weighted by molar-refractivity contribution is 0.112. The Bertz CT molecular complexity index is 748. The van der Waals surface area contributed by atoms with Gasteiger partial charge < -0.3 is 13.9 Å². The quantitative estimate of drug-likeness (QED) is 0.723. The van der Waals surface area contributed by atoms with Gasteiger partial charge >= 0.3 is 0 Å². The van der Waals surface area contributed by atoms with Gasteiger partial charge in [-0.15, -0.1) is 0 Å². The standard InChI is InChI=1S/C15H10O4/c16-9-13-12-8-10(17)3-5-14(12)19-15(13)6-4-11-2-1-7-18-11/h1-9,17H/b6-4+. The van der Waals surface area contributed by atoms with Crippen LogP contribution in [0.2, 0.25) is 0 Å². The van der Waals surface area contributed by atoms with Crippen molar-refractivity contribution < 1.29 is 18.7 Å². The maximum Gasteiger partial charge on any atom is 0.154 e. The Hall–Kier alpha value is -2.75. The van der Waals surface area contributed by atoms with Crippen molar-refractivity contribution in [2.24, 2.45) is 0 Å². The van der Waals surface area contributed by atoms with Crippen LogP contribution in [0.3, 0.4) is 0 Å². The molecule has 0 saturated carbocycles. The van der Waals surface area contributed by atoms with Gasteiger partial charge in [-0.2, -0.15) is 0 Å². The lowest BCUT2D eigenvalue weighted by atomic mass is 10.1. The molecule has 4 nitrogen and oxygen atoms in total. The molecule has 0 amide bonds. The molecule has 3 rings (SSSR count). The molecule has 0 atom stereocenters. The molecule has 0 radical (unpaired) electrons. The fourth-order valence-corrected chi connectivity index (χ4v) is 1.91. The summed E-state index contributed by atoms with van der Waals surface area (Å²) < 4.78 is 10.7. The van der Waals surface area contributed by atoms with Crippen molar-refractivity contribution in [1.29, 1.82) is 0 Å². The van der Waals surface area contributed by atoms with E-state index in [9.17, 15) is 9.90 Å². The summed E-state index contributed by atoms with van der Waals surface area (Å²) in [4.78, 5) is 11.2. The van der Waals surface area contributed by atoms with E-state index in [1.807, 2.05) is 0 Å². The number of fused-ring (bicyclic) bond motifs is 1. The van der Waals surface area contributed by atoms with Crippen molar-refractivity contribution in [3.63, 3.8) is 0 Å². The van der Waals surface area contributed by atoms with Crippen LogP contribution in [0.5, 0.6) is 5.75 Å². The third kappa shape index (κ3) is 2.04. The highest BCUT2D eigenvalue weighted by atomic mass is 16.3. The molecular formula is C15H10O4. The molecule has 0 unspecified atom stereocenters. The van der Waals surface area contributed by atoms with Crippen LogP contribution in [0.25, 0.3) is 23.1 Å². The maximum atomic E-state index is 11.2. The van der Waals surface area contributed by atoms with Crippen molar-refractivity contribution in [2.75, 3.05) is 0 Å². The first-order chi connectivity index (χ1) is 9.28. The van der Waals surface area contributed by atoms with Crippen LogP contribution in [0.4, 0.5) is 0 Å². The Balaban J connectivity index is 2.10. The zero-order chi connectivity index (χ0) is 13.2. The van der Waals surface area contributed by atoms with Crippen LogP contribution >= 0.6 is 0 Å². The minimum atomic E-state index is 0.0953. The van der Waals surface area contributed by atoms with Gasteiger partial charge in [0.05, 0.1) is 11.8 Å². The summed E-state index contributed by atoms with van der Waals surface area (Å²) in [5.41, 5.74) is 0.965. The third-order valence-corrected chi connectivity index (χ3v) is 2.80. The monoisotopic (exact) mass is 254 g/mol. The molecular weight excluding hydrogens is 244 g/mol. The smallest absolute Gasteiger partial charge is 0.154 e. The largest absolute Gasteiger partial charge is 0.508 e. The predicted octanol–water partition coefficient (Wildman–Crippen LogP) is 3.71. The number of carbonyl (C=O) groups excluding carboxylic acids is 1. The number of carbonyl (C=O) groups is 1. The molecule has 0 saturated heterocycles. The van der Waals surface area contributed by atoms with Crippen LogP contribution in [-0.4, -0.2) is 11.4 Å². The van der Waals surface area contributed by atoms with Crippen molar-refractivity contribution in [1.82, 2.24) is 0 Å². The molecule has 1 aromatic carbocycles. The molecule has 3 aromatic rings. The summed E-state index contributed by atoms with van der Waals surface area (Å²) in [5, 5.41) is 10.0. The van der Waals surface area contributed by atoms with Crippen molar-refractivity contribution in [3.8, 4) is 5.75 Å². The van der Waals surface area contributed by atoms with Crippen LogP contribution in [0, 0.1) is 0 Å². The van der Waals surface area contributed by atoms with E-state index in [2.05, 4.69) is 0 Å². The minimum Gasteiger partial charge on any atom is -0.508 e. The second kappa shape index (κ2) is 4.49. The Morgan fingerprint density at radius 2 is 2.05 bits per heavy atom. The van der Waals surface area contributed by atoms with E-state index >= 15 is 0 Å². The number of hydrogen-bond donors (Lipinski definition) is 1. The van der Waals surface area contributed by atoms with Crippen LogP contribution in [-0.2, 0) is 0 Å². The third-order valence-electron chi connectivity index (χ3n) is 2.80. The SMILES string of the molecule is O=Cc1c(/C=C/c2ccco2)oc2ccc(O)cc12. The van der Waals surface area contributed by atoms with E-state index in [4.69, 9.17) is 8.83 Å². The van der Waals surface area contributed by atoms with E-state index in [1.54, 1.807) is 36.6 Å². The summed E-state index contributed by atoms with van der Waals surface area (Å²) in [6.45, 7) is 0. The van der Waals surface area contributed by atoms with Gasteiger partial charge in [-0.25, -0.2) is 0 Å². The van der Waals surface area contributed by atoms with Gasteiger partial charge in [-0.3, -0.25) is 4.79 Å². The molecule has 0 aliphatic carbocycles. The Labute approximate surface area is 108 Å². The zero-order valence-electron chi connectivity index (χ0n) is 9.87. The van der Waals surface area contributed by atoms with Gasteiger partial charge in [0.2, 0.25) is 0 Å². The van der Waals surface area contributed by atoms with E-state index < -0.39 is 0 Å². The zero-order valence-corrected chi connectivity index (χ0v) is 9.87. The first kappa shape index (κ1) is 11.3. The van der Waals surface area contributed by atoms with Gasteiger partial charge in [0.1, 0.15) is 22.9 Å². The number of benzene rings is 1. The molecule has 0 aliphatic heterocycles. The fraction of sp³-hybridized carbons (Fsp3) is 0. The molecule has 2 heterocycles. The van der Waals surface area contributed by atoms with E-state index in [0.717, 1.165) is 0 Å². The van der Waals surface area contributed by atoms with Gasteiger partial charge in [0, 0.05) is 5.39 Å². The Morgan fingerprint density at radius 3 is 2.79 bits per heavy atom. The highest BCUT2D eigenvalue weighted by Crippen LogP contribution is 2.29. The van der Waals surface area contributed by atoms with E-state index in [1.165, 1.54) is 12.1 Å². The highest BCUT2D eigenvalue weighted by Gasteiger charge is 2.12. The topological polar surface area (TPSA) is 63.6 Å². The number of furan rings is 2. The highest BCUT2D eigenvalue weighted by molar-refractivity contribution is 6.00. The number of phenolic OH excluding ortho intramolecular Hbond substituents is 1. The van der Waals surface area contributed by atoms with Gasteiger partial charge in [0.25, 0.3) is 0 Å². The van der Waals surface area contributed by atoms with Crippen LogP contribution in [0.15, 0.2) is 45.4 Å². The van der Waals surface area contributed by atoms with Crippen molar-refractivity contribution >= 4 is 29.4 Å². The lowest BCUT2D eigenvalue weighted by Crippen LogP contribution is -1.79. The van der Waals surface area contributed by atoms with Crippen LogP contribution in [0.1, 0.15) is 21.9 Å². The molecule has 4 heteroatoms. The molecule has 1 N–H and O–H groups in total. The molecule has 0 fully saturated rings. The average Bonchev–Trinajstić information content (AvgIpc) is 3.02. The summed E-state index contributed by atoms with van der Waals surface area (Å²) in [6, 6.07) is 8.22. The van der Waals surface area contributed by atoms with E-state index in [0.29, 0.717) is 34.3 Å². The molecule has 19 heavy (non-hydrogen) atoms. The fourth-order valence-electron chi connectivity index (χ4n) is 1.91. The first-order valence-electron chi connectivity index (χ1n) is 5.70. The summed E-state index contributed by atoms with van der Waals surface area (Å²) in [6.07, 6.45) is 5.66. The first-order valence-corrected chi connectivity index (χ1v) is 5.70. The van der Waals surface area contributed by atoms with Gasteiger partial charge in [-0.1, -0.05) is 0 Å². The number of rotatable bonds is 3. The Morgan fingerprint density at radius 1 is 1.16 bits per heavy atom. The summed E-state index contributed by atoms with van der Waals surface area (Å²) in [7, 11) is 0. The van der Waals surface area contributed by atoms with Gasteiger partial charge in [-0.05, 0) is 42.5 Å². The Kier molecular flexibility index (Phi) is 2.68. The summed E-state index contributed by atoms with van der Waals surface area (Å²) in [5.74, 6) is 1.20. The number of hydrogen-bond acceptors (Lipinski definition) is 4. The predicted molar refractivity (Wildman–Crippen MR) is 70.9 cm³/mol.